The predicted octanol–water partition coefficient (Wildman–Crippen LogP) is 2.87. The lowest BCUT2D eigenvalue weighted by atomic mass is 9.89. The van der Waals surface area contributed by atoms with E-state index >= 15 is 0 Å². The van der Waals surface area contributed by atoms with Crippen molar-refractivity contribution >= 4 is 5.97 Å². The summed E-state index contributed by atoms with van der Waals surface area (Å²) < 4.78 is 31.8. The third-order valence-electron chi connectivity index (χ3n) is 2.88. The van der Waals surface area contributed by atoms with Crippen molar-refractivity contribution < 1.29 is 23.4 Å². The molecular formula is C13H16F2O3. The van der Waals surface area contributed by atoms with E-state index in [0.29, 0.717) is 0 Å². The first kappa shape index (κ1) is 14.4. The van der Waals surface area contributed by atoms with Crippen molar-refractivity contribution in [3.8, 4) is 5.75 Å². The second kappa shape index (κ2) is 5.80. The average Bonchev–Trinajstić information content (AvgIpc) is 2.28. The van der Waals surface area contributed by atoms with Gasteiger partial charge in [0.05, 0.1) is 13.0 Å². The summed E-state index contributed by atoms with van der Waals surface area (Å²) in [6.45, 7) is 3.47. The fourth-order valence-corrected chi connectivity index (χ4v) is 1.73. The number of carboxylic acid groups (broad SMARTS) is 1. The Kier molecular flexibility index (Phi) is 4.64. The summed E-state index contributed by atoms with van der Waals surface area (Å²) in [5.74, 6) is -3.45. The van der Waals surface area contributed by atoms with Gasteiger partial charge in [-0.1, -0.05) is 13.8 Å². The zero-order valence-electron chi connectivity index (χ0n) is 10.5. The van der Waals surface area contributed by atoms with Crippen molar-refractivity contribution in [2.75, 3.05) is 7.11 Å². The lowest BCUT2D eigenvalue weighted by Gasteiger charge is -2.17. The molecule has 5 heteroatoms. The summed E-state index contributed by atoms with van der Waals surface area (Å²) in [6, 6.07) is 1.93. The molecule has 0 amide bonds. The van der Waals surface area contributed by atoms with Crippen molar-refractivity contribution in [2.24, 2.45) is 11.8 Å². The first-order valence-electron chi connectivity index (χ1n) is 5.61. The van der Waals surface area contributed by atoms with Gasteiger partial charge in [0, 0.05) is 6.07 Å². The molecule has 1 aromatic carbocycles. The summed E-state index contributed by atoms with van der Waals surface area (Å²) in [6.07, 6.45) is -0.0419. The Bertz CT molecular complexity index is 444. The highest BCUT2D eigenvalue weighted by Crippen LogP contribution is 2.25. The van der Waals surface area contributed by atoms with Crippen LogP contribution in [0.2, 0.25) is 0 Å². The standard InChI is InChI=1S/C13H16F2O3/c1-7(2)9(13(16)17)4-8-5-11(15)12(18-3)6-10(8)14/h5-7,9H,4H2,1-3H3,(H,16,17). The van der Waals surface area contributed by atoms with Crippen LogP contribution < -0.4 is 4.74 Å². The van der Waals surface area contributed by atoms with Gasteiger partial charge in [0.15, 0.2) is 11.6 Å². The summed E-state index contributed by atoms with van der Waals surface area (Å²) in [5.41, 5.74) is 0.0504. The smallest absolute Gasteiger partial charge is 0.307 e. The maximum Gasteiger partial charge on any atom is 0.307 e. The monoisotopic (exact) mass is 258 g/mol. The van der Waals surface area contributed by atoms with Crippen LogP contribution in [0.25, 0.3) is 0 Å². The maximum absolute atomic E-state index is 13.7. The molecule has 1 rings (SSSR count). The van der Waals surface area contributed by atoms with E-state index in [9.17, 15) is 13.6 Å². The van der Waals surface area contributed by atoms with Crippen molar-refractivity contribution in [3.63, 3.8) is 0 Å². The van der Waals surface area contributed by atoms with Gasteiger partial charge < -0.3 is 9.84 Å². The number of aliphatic carboxylic acids is 1. The fourth-order valence-electron chi connectivity index (χ4n) is 1.73. The van der Waals surface area contributed by atoms with Crippen LogP contribution in [0, 0.1) is 23.5 Å². The predicted molar refractivity (Wildman–Crippen MR) is 62.6 cm³/mol. The lowest BCUT2D eigenvalue weighted by Crippen LogP contribution is -2.22. The van der Waals surface area contributed by atoms with Gasteiger partial charge in [-0.05, 0) is 24.0 Å². The lowest BCUT2D eigenvalue weighted by molar-refractivity contribution is -0.143. The molecule has 1 aromatic rings. The van der Waals surface area contributed by atoms with E-state index in [1.807, 2.05) is 0 Å². The molecule has 1 unspecified atom stereocenters. The molecule has 0 aliphatic heterocycles. The molecule has 1 atom stereocenters. The highest BCUT2D eigenvalue weighted by Gasteiger charge is 2.24. The van der Waals surface area contributed by atoms with E-state index in [4.69, 9.17) is 5.11 Å². The van der Waals surface area contributed by atoms with Crippen LogP contribution in [-0.4, -0.2) is 18.2 Å². The van der Waals surface area contributed by atoms with Gasteiger partial charge in [-0.2, -0.15) is 0 Å². The number of rotatable bonds is 5. The second-order valence-electron chi connectivity index (χ2n) is 4.47. The Labute approximate surface area is 104 Å². The molecule has 1 N–H and O–H groups in total. The van der Waals surface area contributed by atoms with Gasteiger partial charge in [-0.15, -0.1) is 0 Å². The van der Waals surface area contributed by atoms with Crippen LogP contribution in [0.3, 0.4) is 0 Å². The van der Waals surface area contributed by atoms with E-state index in [-0.39, 0.29) is 23.7 Å². The van der Waals surface area contributed by atoms with E-state index in [2.05, 4.69) is 4.74 Å². The largest absolute Gasteiger partial charge is 0.494 e. The van der Waals surface area contributed by atoms with Crippen LogP contribution in [0.5, 0.6) is 5.75 Å². The summed E-state index contributed by atoms with van der Waals surface area (Å²) in [4.78, 5) is 11.0. The highest BCUT2D eigenvalue weighted by atomic mass is 19.1. The molecular weight excluding hydrogens is 242 g/mol. The first-order chi connectivity index (χ1) is 8.36. The minimum Gasteiger partial charge on any atom is -0.494 e. The molecule has 0 bridgehead atoms. The Hall–Kier alpha value is -1.65. The normalized spacial score (nSPS) is 12.6. The van der Waals surface area contributed by atoms with Gasteiger partial charge in [0.1, 0.15) is 5.82 Å². The fraction of sp³-hybridized carbons (Fsp3) is 0.462. The third kappa shape index (κ3) is 3.18. The van der Waals surface area contributed by atoms with Crippen molar-refractivity contribution in [1.29, 1.82) is 0 Å². The quantitative estimate of drug-likeness (QED) is 0.883. The molecule has 0 spiro atoms. The number of benzene rings is 1. The van der Waals surface area contributed by atoms with E-state index in [1.165, 1.54) is 7.11 Å². The number of carboxylic acids is 1. The Balaban J connectivity index is 3.03. The van der Waals surface area contributed by atoms with Gasteiger partial charge in [0.2, 0.25) is 0 Å². The molecule has 100 valence electrons. The summed E-state index contributed by atoms with van der Waals surface area (Å²) >= 11 is 0. The minimum atomic E-state index is -1.01. The Morgan fingerprint density at radius 2 is 1.94 bits per heavy atom. The number of halogens is 2. The Morgan fingerprint density at radius 1 is 1.33 bits per heavy atom. The van der Waals surface area contributed by atoms with Gasteiger partial charge >= 0.3 is 5.97 Å². The molecule has 0 saturated carbocycles. The third-order valence-corrected chi connectivity index (χ3v) is 2.88. The highest BCUT2D eigenvalue weighted by molar-refractivity contribution is 5.70. The van der Waals surface area contributed by atoms with Crippen LogP contribution >= 0.6 is 0 Å². The van der Waals surface area contributed by atoms with Crippen molar-refractivity contribution in [1.82, 2.24) is 0 Å². The van der Waals surface area contributed by atoms with Crippen LogP contribution in [0.1, 0.15) is 19.4 Å². The molecule has 0 radical (unpaired) electrons. The summed E-state index contributed by atoms with van der Waals surface area (Å²) in [7, 11) is 1.24. The van der Waals surface area contributed by atoms with E-state index in [0.717, 1.165) is 12.1 Å². The number of methoxy groups -OCH3 is 1. The molecule has 0 aromatic heterocycles. The number of ether oxygens (including phenoxy) is 1. The SMILES string of the molecule is COc1cc(F)c(CC(C(=O)O)C(C)C)cc1F. The Morgan fingerprint density at radius 3 is 2.39 bits per heavy atom. The van der Waals surface area contributed by atoms with E-state index < -0.39 is 23.5 Å². The number of hydrogen-bond donors (Lipinski definition) is 1. The van der Waals surface area contributed by atoms with Crippen LogP contribution in [0.15, 0.2) is 12.1 Å². The van der Waals surface area contributed by atoms with Crippen molar-refractivity contribution in [3.05, 3.63) is 29.3 Å². The molecule has 18 heavy (non-hydrogen) atoms. The molecule has 0 fully saturated rings. The van der Waals surface area contributed by atoms with Gasteiger partial charge in [0.25, 0.3) is 0 Å². The number of carbonyl (C=O) groups is 1. The first-order valence-corrected chi connectivity index (χ1v) is 5.61. The van der Waals surface area contributed by atoms with E-state index in [1.54, 1.807) is 13.8 Å². The average molecular weight is 258 g/mol. The molecule has 0 saturated heterocycles. The second-order valence-corrected chi connectivity index (χ2v) is 4.47. The molecule has 0 heterocycles. The topological polar surface area (TPSA) is 46.5 Å². The minimum absolute atomic E-state index is 0.0419. The molecule has 0 aliphatic carbocycles. The zero-order chi connectivity index (χ0) is 13.9. The number of hydrogen-bond acceptors (Lipinski definition) is 2. The van der Waals surface area contributed by atoms with Gasteiger partial charge in [-0.3, -0.25) is 4.79 Å². The van der Waals surface area contributed by atoms with Crippen molar-refractivity contribution in [2.45, 2.75) is 20.3 Å². The van der Waals surface area contributed by atoms with Crippen LogP contribution in [-0.2, 0) is 11.2 Å². The van der Waals surface area contributed by atoms with Gasteiger partial charge in [-0.25, -0.2) is 8.78 Å². The van der Waals surface area contributed by atoms with Crippen LogP contribution in [0.4, 0.5) is 8.78 Å². The summed E-state index contributed by atoms with van der Waals surface area (Å²) in [5, 5.41) is 9.03. The maximum atomic E-state index is 13.7. The molecule has 0 aliphatic rings. The molecule has 3 nitrogen and oxygen atoms in total. The zero-order valence-corrected chi connectivity index (χ0v) is 10.5.